The van der Waals surface area contributed by atoms with Crippen molar-refractivity contribution in [3.05, 3.63) is 77.9 Å². The van der Waals surface area contributed by atoms with E-state index in [1.54, 1.807) is 24.3 Å². The predicted molar refractivity (Wildman–Crippen MR) is 142 cm³/mol. The Morgan fingerprint density at radius 2 is 1.62 bits per heavy atom. The largest absolute Gasteiger partial charge is 0.495 e. The zero-order valence-corrected chi connectivity index (χ0v) is 22.3. The van der Waals surface area contributed by atoms with Crippen LogP contribution in [0.3, 0.4) is 0 Å². The van der Waals surface area contributed by atoms with Crippen LogP contribution >= 0.6 is 0 Å². The minimum absolute atomic E-state index is 0.0483. The fourth-order valence-electron chi connectivity index (χ4n) is 3.43. The second kappa shape index (κ2) is 11.0. The Morgan fingerprint density at radius 3 is 2.22 bits per heavy atom. The average molecular weight is 546 g/mol. The molecule has 10 nitrogen and oxygen atoms in total. The summed E-state index contributed by atoms with van der Waals surface area (Å²) in [6.07, 6.45) is 0.955. The van der Waals surface area contributed by atoms with Gasteiger partial charge in [-0.3, -0.25) is 18.6 Å². The minimum Gasteiger partial charge on any atom is -0.495 e. The number of aryl methyl sites for hydroxylation is 1. The first-order chi connectivity index (χ1) is 17.3. The normalized spacial score (nSPS) is 11.5. The molecule has 0 unspecified atom stereocenters. The van der Waals surface area contributed by atoms with Crippen LogP contribution in [-0.2, 0) is 24.8 Å². The minimum atomic E-state index is -3.95. The third-order valence-corrected chi connectivity index (χ3v) is 7.80. The van der Waals surface area contributed by atoms with Gasteiger partial charge in [-0.05, 0) is 67.9 Å². The van der Waals surface area contributed by atoms with E-state index in [9.17, 15) is 26.4 Å². The Kier molecular flexibility index (Phi) is 8.24. The Labute approximate surface area is 216 Å². The zero-order valence-electron chi connectivity index (χ0n) is 20.7. The van der Waals surface area contributed by atoms with Crippen molar-refractivity contribution < 1.29 is 31.2 Å². The van der Waals surface area contributed by atoms with E-state index in [2.05, 4.69) is 10.0 Å². The summed E-state index contributed by atoms with van der Waals surface area (Å²) in [5.41, 5.74) is 1.87. The molecule has 3 aromatic rings. The Hall–Kier alpha value is -3.90. The summed E-state index contributed by atoms with van der Waals surface area (Å²) in [6.45, 7) is 2.63. The summed E-state index contributed by atoms with van der Waals surface area (Å²) in [4.78, 5) is 24.3. The molecule has 0 aliphatic rings. The second-order valence-electron chi connectivity index (χ2n) is 8.26. The van der Waals surface area contributed by atoms with Gasteiger partial charge in [-0.2, -0.15) is 0 Å². The summed E-state index contributed by atoms with van der Waals surface area (Å²) in [6, 6.07) is 16.4. The van der Waals surface area contributed by atoms with Crippen LogP contribution < -0.4 is 19.1 Å². The highest BCUT2D eigenvalue weighted by Crippen LogP contribution is 2.28. The van der Waals surface area contributed by atoms with E-state index in [0.29, 0.717) is 11.3 Å². The van der Waals surface area contributed by atoms with Crippen LogP contribution in [0.15, 0.2) is 71.6 Å². The van der Waals surface area contributed by atoms with Gasteiger partial charge in [0.15, 0.2) is 5.78 Å². The molecule has 1 amide bonds. The molecule has 0 saturated carbocycles. The molecule has 0 heterocycles. The second-order valence-corrected chi connectivity index (χ2v) is 11.8. The molecule has 37 heavy (non-hydrogen) atoms. The van der Waals surface area contributed by atoms with Crippen LogP contribution in [0.2, 0.25) is 0 Å². The quantitative estimate of drug-likeness (QED) is 0.372. The van der Waals surface area contributed by atoms with E-state index in [1.807, 2.05) is 6.92 Å². The smallest absolute Gasteiger partial charge is 0.262 e. The number of benzene rings is 3. The molecule has 12 heteroatoms. The van der Waals surface area contributed by atoms with E-state index < -0.39 is 32.5 Å². The van der Waals surface area contributed by atoms with Crippen molar-refractivity contribution in [2.24, 2.45) is 0 Å². The van der Waals surface area contributed by atoms with Crippen LogP contribution in [0, 0.1) is 6.92 Å². The lowest BCUT2D eigenvalue weighted by Gasteiger charge is -2.22. The van der Waals surface area contributed by atoms with Gasteiger partial charge in [0.2, 0.25) is 15.9 Å². The lowest BCUT2D eigenvalue weighted by Crippen LogP contribution is -2.37. The zero-order chi connectivity index (χ0) is 27.4. The molecule has 0 aromatic heterocycles. The van der Waals surface area contributed by atoms with Gasteiger partial charge in [0.1, 0.15) is 12.3 Å². The number of carbonyl (C=O) groups is 2. The average Bonchev–Trinajstić information content (AvgIpc) is 2.82. The van der Waals surface area contributed by atoms with Gasteiger partial charge in [0.05, 0.1) is 29.6 Å². The Balaban J connectivity index is 1.75. The first-order valence-electron chi connectivity index (χ1n) is 11.0. The first kappa shape index (κ1) is 27.7. The SMILES string of the molecule is COc1ccc(C)cc1NS(=O)(=O)c1ccc(NC(=O)CN(c2cccc(C(C)=O)c2)S(C)(=O)=O)cc1. The number of anilines is 3. The van der Waals surface area contributed by atoms with Crippen LogP contribution in [0.1, 0.15) is 22.8 Å². The van der Waals surface area contributed by atoms with Gasteiger partial charge >= 0.3 is 0 Å². The number of rotatable bonds is 10. The first-order valence-corrected chi connectivity index (χ1v) is 14.3. The van der Waals surface area contributed by atoms with Crippen molar-refractivity contribution >= 4 is 48.8 Å². The lowest BCUT2D eigenvalue weighted by molar-refractivity contribution is -0.114. The van der Waals surface area contributed by atoms with Crippen LogP contribution in [0.4, 0.5) is 17.1 Å². The lowest BCUT2D eigenvalue weighted by atomic mass is 10.1. The highest BCUT2D eigenvalue weighted by molar-refractivity contribution is 7.92. The van der Waals surface area contributed by atoms with E-state index in [1.165, 1.54) is 56.5 Å². The number of methoxy groups -OCH3 is 1. The van der Waals surface area contributed by atoms with Crippen molar-refractivity contribution in [1.82, 2.24) is 0 Å². The standard InChI is InChI=1S/C25H27N3O7S2/c1-17-8-13-24(35-3)23(14-17)27-37(33,34)22-11-9-20(10-12-22)26-25(30)16-28(36(4,31)32)21-7-5-6-19(15-21)18(2)29/h5-15,27H,16H2,1-4H3,(H,26,30). The molecule has 0 fully saturated rings. The summed E-state index contributed by atoms with van der Waals surface area (Å²) in [5.74, 6) is -0.538. The third kappa shape index (κ3) is 7.08. The number of amides is 1. The summed E-state index contributed by atoms with van der Waals surface area (Å²) in [7, 11) is -6.36. The van der Waals surface area contributed by atoms with Crippen LogP contribution in [0.5, 0.6) is 5.75 Å². The topological polar surface area (TPSA) is 139 Å². The summed E-state index contributed by atoms with van der Waals surface area (Å²) in [5, 5.41) is 2.56. The van der Waals surface area contributed by atoms with E-state index in [-0.39, 0.29) is 27.7 Å². The van der Waals surface area contributed by atoms with Gasteiger partial charge in [0.25, 0.3) is 10.0 Å². The monoisotopic (exact) mass is 545 g/mol. The number of ether oxygens (including phenoxy) is 1. The Bertz CT molecular complexity index is 1530. The maximum absolute atomic E-state index is 12.9. The number of nitrogens with one attached hydrogen (secondary N) is 2. The Morgan fingerprint density at radius 1 is 0.946 bits per heavy atom. The van der Waals surface area contributed by atoms with E-state index >= 15 is 0 Å². The molecule has 2 N–H and O–H groups in total. The molecule has 0 spiro atoms. The van der Waals surface area contributed by atoms with Crippen molar-refractivity contribution in [1.29, 1.82) is 0 Å². The van der Waals surface area contributed by atoms with Gasteiger partial charge in [0, 0.05) is 11.3 Å². The number of hydrogen-bond acceptors (Lipinski definition) is 7. The fourth-order valence-corrected chi connectivity index (χ4v) is 5.34. The number of sulfonamides is 2. The number of ketones is 1. The summed E-state index contributed by atoms with van der Waals surface area (Å²) < 4.78 is 59.0. The molecule has 0 radical (unpaired) electrons. The molecule has 0 aliphatic carbocycles. The highest BCUT2D eigenvalue weighted by Gasteiger charge is 2.22. The third-order valence-electron chi connectivity index (χ3n) is 5.28. The molecule has 196 valence electrons. The number of hydrogen-bond donors (Lipinski definition) is 2. The van der Waals surface area contributed by atoms with E-state index in [4.69, 9.17) is 4.74 Å². The number of Topliss-reactive ketones (excluding diaryl/α,β-unsaturated/α-hetero) is 1. The van der Waals surface area contributed by atoms with Gasteiger partial charge in [-0.1, -0.05) is 18.2 Å². The molecule has 0 aliphatic heterocycles. The molecule has 3 rings (SSSR count). The van der Waals surface area contributed by atoms with Gasteiger partial charge in [-0.25, -0.2) is 16.8 Å². The summed E-state index contributed by atoms with van der Waals surface area (Å²) >= 11 is 0. The van der Waals surface area contributed by atoms with Crippen molar-refractivity contribution in [3.63, 3.8) is 0 Å². The molecule has 0 atom stereocenters. The van der Waals surface area contributed by atoms with Crippen LogP contribution in [-0.4, -0.2) is 48.4 Å². The highest BCUT2D eigenvalue weighted by atomic mass is 32.2. The molecular formula is C25H27N3O7S2. The van der Waals surface area contributed by atoms with E-state index in [0.717, 1.165) is 16.1 Å². The molecule has 0 bridgehead atoms. The molecule has 0 saturated heterocycles. The van der Waals surface area contributed by atoms with Crippen LogP contribution in [0.25, 0.3) is 0 Å². The maximum atomic E-state index is 12.9. The van der Waals surface area contributed by atoms with Crippen molar-refractivity contribution in [3.8, 4) is 5.75 Å². The molecular weight excluding hydrogens is 518 g/mol. The fraction of sp³-hybridized carbons (Fsp3) is 0.200. The predicted octanol–water partition coefficient (Wildman–Crippen LogP) is 3.41. The van der Waals surface area contributed by atoms with Crippen molar-refractivity contribution in [2.45, 2.75) is 18.7 Å². The number of carbonyl (C=O) groups excluding carboxylic acids is 2. The van der Waals surface area contributed by atoms with Gasteiger partial charge in [-0.15, -0.1) is 0 Å². The van der Waals surface area contributed by atoms with Crippen molar-refractivity contribution in [2.75, 3.05) is 34.3 Å². The van der Waals surface area contributed by atoms with Gasteiger partial charge < -0.3 is 10.1 Å². The maximum Gasteiger partial charge on any atom is 0.262 e. The number of nitrogens with zero attached hydrogens (tertiary/aromatic N) is 1. The molecule has 3 aromatic carbocycles.